The molecule has 4 rings (SSSR count). The third-order valence-corrected chi connectivity index (χ3v) is 6.26. The first-order valence-corrected chi connectivity index (χ1v) is 10.9. The summed E-state index contributed by atoms with van der Waals surface area (Å²) in [5, 5.41) is 3.57. The highest BCUT2D eigenvalue weighted by Crippen LogP contribution is 2.23. The Balaban J connectivity index is 0.00000256. The van der Waals surface area contributed by atoms with E-state index in [9.17, 15) is 4.79 Å². The number of halogens is 1. The number of carbonyl (C=O) groups is 1. The Morgan fingerprint density at radius 1 is 1.10 bits per heavy atom. The van der Waals surface area contributed by atoms with E-state index in [0.29, 0.717) is 5.92 Å². The maximum Gasteiger partial charge on any atom is 0.251 e. The van der Waals surface area contributed by atoms with Crippen LogP contribution >= 0.6 is 24.0 Å². The molecule has 3 aliphatic heterocycles. The van der Waals surface area contributed by atoms with E-state index in [1.165, 1.54) is 12.1 Å². The summed E-state index contributed by atoms with van der Waals surface area (Å²) in [6, 6.07) is 10.6. The van der Waals surface area contributed by atoms with E-state index in [0.717, 1.165) is 71.2 Å². The number of anilines is 1. The van der Waals surface area contributed by atoms with Crippen LogP contribution in [0.25, 0.3) is 0 Å². The molecule has 1 aromatic carbocycles. The summed E-state index contributed by atoms with van der Waals surface area (Å²) in [6.45, 7) is 6.96. The lowest BCUT2D eigenvalue weighted by molar-refractivity contribution is -0.142. The number of guanidine groups is 1. The zero-order valence-corrected chi connectivity index (χ0v) is 20.2. The largest absolute Gasteiger partial charge is 0.371 e. The summed E-state index contributed by atoms with van der Waals surface area (Å²) in [4.78, 5) is 23.7. The van der Waals surface area contributed by atoms with Crippen molar-refractivity contribution in [3.05, 3.63) is 30.3 Å². The number of carbonyl (C=O) groups excluding carboxylic acids is 1. The molecule has 30 heavy (non-hydrogen) atoms. The Morgan fingerprint density at radius 2 is 1.83 bits per heavy atom. The minimum atomic E-state index is -0.214. The van der Waals surface area contributed by atoms with Gasteiger partial charge in [0.25, 0.3) is 5.91 Å². The second kappa shape index (κ2) is 11.2. The van der Waals surface area contributed by atoms with E-state index < -0.39 is 0 Å². The Bertz CT molecular complexity index is 703. The van der Waals surface area contributed by atoms with E-state index in [1.54, 1.807) is 0 Å². The predicted octanol–water partition coefficient (Wildman–Crippen LogP) is 2.03. The van der Waals surface area contributed by atoms with E-state index >= 15 is 0 Å². The Morgan fingerprint density at radius 3 is 2.50 bits per heavy atom. The first kappa shape index (κ1) is 23.1. The predicted molar refractivity (Wildman–Crippen MR) is 131 cm³/mol. The molecule has 0 radical (unpaired) electrons. The van der Waals surface area contributed by atoms with Crippen LogP contribution in [0.1, 0.15) is 19.3 Å². The van der Waals surface area contributed by atoms with Crippen molar-refractivity contribution in [2.24, 2.45) is 10.9 Å². The molecule has 0 spiro atoms. The van der Waals surface area contributed by atoms with Crippen LogP contribution in [-0.2, 0) is 9.53 Å². The topological polar surface area (TPSA) is 60.4 Å². The van der Waals surface area contributed by atoms with E-state index in [-0.39, 0.29) is 36.0 Å². The van der Waals surface area contributed by atoms with Gasteiger partial charge in [0, 0.05) is 65.2 Å². The lowest BCUT2D eigenvalue weighted by Crippen LogP contribution is -2.55. The monoisotopic (exact) mass is 527 g/mol. The molecule has 8 heteroatoms. The highest BCUT2D eigenvalue weighted by molar-refractivity contribution is 14.0. The van der Waals surface area contributed by atoms with Crippen LogP contribution in [0.15, 0.2) is 35.3 Å². The van der Waals surface area contributed by atoms with Gasteiger partial charge in [-0.2, -0.15) is 0 Å². The molecule has 0 saturated carbocycles. The summed E-state index contributed by atoms with van der Waals surface area (Å²) in [5.41, 5.74) is 1.31. The molecule has 0 aromatic heterocycles. The lowest BCUT2D eigenvalue weighted by Gasteiger charge is -2.37. The van der Waals surface area contributed by atoms with Gasteiger partial charge in [-0.3, -0.25) is 9.79 Å². The molecule has 3 fully saturated rings. The van der Waals surface area contributed by atoms with Crippen molar-refractivity contribution in [2.45, 2.75) is 25.4 Å². The number of aliphatic imine (C=N–C) groups is 1. The van der Waals surface area contributed by atoms with Crippen LogP contribution in [0.5, 0.6) is 0 Å². The molecule has 3 aliphatic rings. The molecule has 2 unspecified atom stereocenters. The van der Waals surface area contributed by atoms with Gasteiger partial charge >= 0.3 is 0 Å². The number of ether oxygens (including phenoxy) is 1. The summed E-state index contributed by atoms with van der Waals surface area (Å²) >= 11 is 0. The molecule has 1 aromatic rings. The fraction of sp³-hybridized carbons (Fsp3) is 0.636. The smallest absolute Gasteiger partial charge is 0.251 e. The van der Waals surface area contributed by atoms with Crippen molar-refractivity contribution in [2.75, 3.05) is 64.4 Å². The van der Waals surface area contributed by atoms with E-state index in [1.807, 2.05) is 11.9 Å². The number of piperazine rings is 1. The quantitative estimate of drug-likeness (QED) is 0.369. The first-order chi connectivity index (χ1) is 14.2. The fourth-order valence-electron chi connectivity index (χ4n) is 4.56. The molecule has 7 nitrogen and oxygen atoms in total. The zero-order valence-electron chi connectivity index (χ0n) is 17.8. The standard InChI is InChI=1S/C22H33N5O2.HI/c1-23-22(24-16-18-9-10-27(17-18)19-6-3-2-4-7-19)26-13-11-25(12-14-26)21(28)20-8-5-15-29-20;/h2-4,6-7,18,20H,5,8-17H2,1H3,(H,23,24);1H. The third-order valence-electron chi connectivity index (χ3n) is 6.26. The molecule has 0 bridgehead atoms. The number of rotatable bonds is 4. The average Bonchev–Trinajstić information content (AvgIpc) is 3.47. The molecule has 3 saturated heterocycles. The maximum absolute atomic E-state index is 12.5. The van der Waals surface area contributed by atoms with Gasteiger partial charge in [0.15, 0.2) is 5.96 Å². The molecule has 1 N–H and O–H groups in total. The number of benzene rings is 1. The first-order valence-electron chi connectivity index (χ1n) is 10.9. The summed E-state index contributed by atoms with van der Waals surface area (Å²) in [7, 11) is 1.84. The molecule has 3 heterocycles. The Hall–Kier alpha value is -1.55. The van der Waals surface area contributed by atoms with Gasteiger partial charge in [-0.15, -0.1) is 24.0 Å². The summed E-state index contributed by atoms with van der Waals surface area (Å²) in [6.07, 6.45) is 2.84. The maximum atomic E-state index is 12.5. The van der Waals surface area contributed by atoms with Gasteiger partial charge in [0.05, 0.1) is 0 Å². The average molecular weight is 527 g/mol. The lowest BCUT2D eigenvalue weighted by atomic mass is 10.1. The number of para-hydroxylation sites is 1. The molecule has 2 atom stereocenters. The van der Waals surface area contributed by atoms with Gasteiger partial charge in [0.2, 0.25) is 0 Å². The van der Waals surface area contributed by atoms with Crippen molar-refractivity contribution in [1.82, 2.24) is 15.1 Å². The van der Waals surface area contributed by atoms with Crippen molar-refractivity contribution >= 4 is 41.5 Å². The molecule has 1 amide bonds. The number of nitrogens with zero attached hydrogens (tertiary/aromatic N) is 4. The van der Waals surface area contributed by atoms with Crippen LogP contribution in [0.4, 0.5) is 5.69 Å². The number of hydrogen-bond donors (Lipinski definition) is 1. The number of hydrogen-bond acceptors (Lipinski definition) is 4. The highest BCUT2D eigenvalue weighted by atomic mass is 127. The minimum absolute atomic E-state index is 0. The molecule has 166 valence electrons. The van der Waals surface area contributed by atoms with Gasteiger partial charge in [-0.25, -0.2) is 0 Å². The third kappa shape index (κ3) is 5.57. The molecular formula is C22H34IN5O2. The van der Waals surface area contributed by atoms with Crippen LogP contribution in [0, 0.1) is 5.92 Å². The van der Waals surface area contributed by atoms with Crippen molar-refractivity contribution in [3.63, 3.8) is 0 Å². The normalized spacial score (nSPS) is 24.7. The summed E-state index contributed by atoms with van der Waals surface area (Å²) in [5.74, 6) is 1.73. The fourth-order valence-corrected chi connectivity index (χ4v) is 4.56. The highest BCUT2D eigenvalue weighted by Gasteiger charge is 2.31. The van der Waals surface area contributed by atoms with Gasteiger partial charge < -0.3 is 24.8 Å². The second-order valence-corrected chi connectivity index (χ2v) is 8.18. The van der Waals surface area contributed by atoms with E-state index in [2.05, 4.69) is 50.4 Å². The van der Waals surface area contributed by atoms with Gasteiger partial charge in [0.1, 0.15) is 6.10 Å². The summed E-state index contributed by atoms with van der Waals surface area (Å²) < 4.78 is 5.55. The SMILES string of the molecule is CN=C(NCC1CCN(c2ccccc2)C1)N1CCN(C(=O)C2CCCO2)CC1.I. The van der Waals surface area contributed by atoms with E-state index in [4.69, 9.17) is 4.74 Å². The Labute approximate surface area is 196 Å². The van der Waals surface area contributed by atoms with Crippen LogP contribution in [-0.4, -0.2) is 87.2 Å². The van der Waals surface area contributed by atoms with Gasteiger partial charge in [-0.05, 0) is 37.3 Å². The van der Waals surface area contributed by atoms with Crippen LogP contribution in [0.3, 0.4) is 0 Å². The second-order valence-electron chi connectivity index (χ2n) is 8.18. The molecule has 0 aliphatic carbocycles. The number of nitrogens with one attached hydrogen (secondary N) is 1. The number of amides is 1. The minimum Gasteiger partial charge on any atom is -0.371 e. The molecular weight excluding hydrogens is 493 g/mol. The van der Waals surface area contributed by atoms with Crippen molar-refractivity contribution in [3.8, 4) is 0 Å². The van der Waals surface area contributed by atoms with Crippen LogP contribution < -0.4 is 10.2 Å². The van der Waals surface area contributed by atoms with Crippen molar-refractivity contribution in [1.29, 1.82) is 0 Å². The van der Waals surface area contributed by atoms with Gasteiger partial charge in [-0.1, -0.05) is 18.2 Å². The Kier molecular flexibility index (Phi) is 8.61. The zero-order chi connectivity index (χ0) is 20.1. The van der Waals surface area contributed by atoms with Crippen molar-refractivity contribution < 1.29 is 9.53 Å². The van der Waals surface area contributed by atoms with Crippen LogP contribution in [0.2, 0.25) is 0 Å².